The van der Waals surface area contributed by atoms with Crippen molar-refractivity contribution in [3.05, 3.63) is 29.3 Å². The van der Waals surface area contributed by atoms with E-state index in [2.05, 4.69) is 17.3 Å². The number of anilines is 1. The number of piperidine rings is 1. The Morgan fingerprint density at radius 1 is 1.45 bits per heavy atom. The Hall–Kier alpha value is -1.55. The molecule has 4 nitrogen and oxygen atoms in total. The van der Waals surface area contributed by atoms with Crippen LogP contribution in [0.2, 0.25) is 0 Å². The fraction of sp³-hybridized carbons (Fsp3) is 0.562. The zero-order valence-electron chi connectivity index (χ0n) is 12.9. The van der Waals surface area contributed by atoms with Gasteiger partial charge in [0.1, 0.15) is 0 Å². The van der Waals surface area contributed by atoms with Crippen LogP contribution in [0, 0.1) is 6.92 Å². The molecule has 0 bridgehead atoms. The highest BCUT2D eigenvalue weighted by atomic mass is 16.2. The number of nitrogens with zero attached hydrogens (tertiary/aromatic N) is 2. The van der Waals surface area contributed by atoms with Crippen LogP contribution in [0.25, 0.3) is 0 Å². The summed E-state index contributed by atoms with van der Waals surface area (Å²) in [4.78, 5) is 17.0. The number of amides is 1. The first kappa shape index (κ1) is 14.9. The zero-order valence-corrected chi connectivity index (χ0v) is 12.9. The number of hydrogen-bond donors (Lipinski definition) is 1. The first-order chi connectivity index (χ1) is 9.52. The van der Waals surface area contributed by atoms with Crippen LogP contribution < -0.4 is 5.32 Å². The van der Waals surface area contributed by atoms with Gasteiger partial charge in [-0.3, -0.25) is 4.79 Å². The SMILES string of the molecule is CNc1ccc(C)cc1C(=O)N(C)C1CCCN(C)C1. The number of rotatable bonds is 3. The van der Waals surface area contributed by atoms with Crippen LogP contribution in [0.1, 0.15) is 28.8 Å². The minimum atomic E-state index is 0.110. The Bertz CT molecular complexity index is 487. The molecule has 1 N–H and O–H groups in total. The molecule has 1 aliphatic heterocycles. The van der Waals surface area contributed by atoms with Gasteiger partial charge in [-0.25, -0.2) is 0 Å². The molecule has 0 aliphatic carbocycles. The van der Waals surface area contributed by atoms with E-state index in [0.29, 0.717) is 6.04 Å². The maximum absolute atomic E-state index is 12.7. The van der Waals surface area contributed by atoms with Crippen LogP contribution in [-0.4, -0.2) is 56.0 Å². The smallest absolute Gasteiger partial charge is 0.255 e. The fourth-order valence-electron chi connectivity index (χ4n) is 2.86. The molecule has 1 aromatic carbocycles. The molecule has 110 valence electrons. The molecular weight excluding hydrogens is 250 g/mol. The molecule has 1 amide bonds. The summed E-state index contributed by atoms with van der Waals surface area (Å²) in [5.41, 5.74) is 2.78. The van der Waals surface area contributed by atoms with Gasteiger partial charge >= 0.3 is 0 Å². The van der Waals surface area contributed by atoms with Crippen molar-refractivity contribution in [1.29, 1.82) is 0 Å². The summed E-state index contributed by atoms with van der Waals surface area (Å²) in [7, 11) is 5.90. The molecule has 1 aliphatic rings. The number of carbonyl (C=O) groups excluding carboxylic acids is 1. The molecule has 1 fully saturated rings. The quantitative estimate of drug-likeness (QED) is 0.918. The number of carbonyl (C=O) groups is 1. The summed E-state index contributed by atoms with van der Waals surface area (Å²) in [5, 5.41) is 3.11. The van der Waals surface area contributed by atoms with Crippen LogP contribution in [0.15, 0.2) is 18.2 Å². The first-order valence-corrected chi connectivity index (χ1v) is 7.27. The van der Waals surface area contributed by atoms with Gasteiger partial charge in [0.2, 0.25) is 0 Å². The fourth-order valence-corrected chi connectivity index (χ4v) is 2.86. The van der Waals surface area contributed by atoms with E-state index in [4.69, 9.17) is 0 Å². The molecule has 0 saturated carbocycles. The minimum absolute atomic E-state index is 0.110. The topological polar surface area (TPSA) is 35.6 Å². The molecule has 2 rings (SSSR count). The van der Waals surface area contributed by atoms with Gasteiger partial charge in [0.25, 0.3) is 5.91 Å². The van der Waals surface area contributed by atoms with E-state index in [1.807, 2.05) is 44.1 Å². The molecule has 0 radical (unpaired) electrons. The molecule has 1 unspecified atom stereocenters. The van der Waals surface area contributed by atoms with E-state index in [1.165, 1.54) is 0 Å². The number of likely N-dealkylation sites (N-methyl/N-ethyl adjacent to an activating group) is 2. The predicted octanol–water partition coefficient (Wildman–Crippen LogP) is 2.20. The molecule has 1 saturated heterocycles. The molecule has 20 heavy (non-hydrogen) atoms. The summed E-state index contributed by atoms with van der Waals surface area (Å²) in [6, 6.07) is 6.28. The third-order valence-corrected chi connectivity index (χ3v) is 4.14. The van der Waals surface area contributed by atoms with Crippen molar-refractivity contribution in [3.63, 3.8) is 0 Å². The number of benzene rings is 1. The van der Waals surface area contributed by atoms with Crippen molar-refractivity contribution < 1.29 is 4.79 Å². The van der Waals surface area contributed by atoms with Gasteiger partial charge in [-0.1, -0.05) is 11.6 Å². The molecule has 4 heteroatoms. The number of nitrogens with one attached hydrogen (secondary N) is 1. The van der Waals surface area contributed by atoms with E-state index in [1.54, 1.807) is 0 Å². The number of hydrogen-bond acceptors (Lipinski definition) is 3. The molecule has 1 heterocycles. The lowest BCUT2D eigenvalue weighted by atomic mass is 10.0. The predicted molar refractivity (Wildman–Crippen MR) is 83.3 cm³/mol. The summed E-state index contributed by atoms with van der Waals surface area (Å²) in [6.07, 6.45) is 2.25. The number of aryl methyl sites for hydroxylation is 1. The van der Waals surface area contributed by atoms with Gasteiger partial charge in [0.05, 0.1) is 5.56 Å². The first-order valence-electron chi connectivity index (χ1n) is 7.27. The third kappa shape index (κ3) is 3.12. The molecule has 0 spiro atoms. The Kier molecular flexibility index (Phi) is 4.65. The van der Waals surface area contributed by atoms with Crippen LogP contribution in [0.3, 0.4) is 0 Å². The van der Waals surface area contributed by atoms with Crippen molar-refractivity contribution in [2.75, 3.05) is 39.5 Å². The normalized spacial score (nSPS) is 19.7. The lowest BCUT2D eigenvalue weighted by Crippen LogP contribution is -2.47. The van der Waals surface area contributed by atoms with Crippen molar-refractivity contribution in [3.8, 4) is 0 Å². The lowest BCUT2D eigenvalue weighted by Gasteiger charge is -2.36. The van der Waals surface area contributed by atoms with Crippen molar-refractivity contribution in [2.45, 2.75) is 25.8 Å². The summed E-state index contributed by atoms with van der Waals surface area (Å²) < 4.78 is 0. The maximum Gasteiger partial charge on any atom is 0.255 e. The molecule has 1 aromatic rings. The van der Waals surface area contributed by atoms with Crippen molar-refractivity contribution in [1.82, 2.24) is 9.80 Å². The maximum atomic E-state index is 12.7. The van der Waals surface area contributed by atoms with Crippen LogP contribution >= 0.6 is 0 Å². The average molecular weight is 275 g/mol. The second-order valence-electron chi connectivity index (χ2n) is 5.77. The second-order valence-corrected chi connectivity index (χ2v) is 5.77. The standard InChI is InChI=1S/C16H25N3O/c1-12-7-8-15(17-2)14(10-12)16(20)19(4)13-6-5-9-18(3)11-13/h7-8,10,13,17H,5-6,9,11H2,1-4H3. The summed E-state index contributed by atoms with van der Waals surface area (Å²) in [5.74, 6) is 0.110. The Labute approximate surface area is 121 Å². The van der Waals surface area contributed by atoms with E-state index < -0.39 is 0 Å². The molecule has 1 atom stereocenters. The van der Waals surface area contributed by atoms with Crippen LogP contribution in [-0.2, 0) is 0 Å². The molecular formula is C16H25N3O. The zero-order chi connectivity index (χ0) is 14.7. The Morgan fingerprint density at radius 2 is 2.20 bits per heavy atom. The van der Waals surface area contributed by atoms with E-state index in [0.717, 1.165) is 42.7 Å². The van der Waals surface area contributed by atoms with E-state index in [9.17, 15) is 4.79 Å². The van der Waals surface area contributed by atoms with E-state index in [-0.39, 0.29) is 5.91 Å². The van der Waals surface area contributed by atoms with Gasteiger partial charge in [0, 0.05) is 32.4 Å². The number of likely N-dealkylation sites (tertiary alicyclic amines) is 1. The van der Waals surface area contributed by atoms with Gasteiger partial charge < -0.3 is 15.1 Å². The summed E-state index contributed by atoms with van der Waals surface area (Å²) >= 11 is 0. The van der Waals surface area contributed by atoms with Gasteiger partial charge in [0.15, 0.2) is 0 Å². The second kappa shape index (κ2) is 6.27. The largest absolute Gasteiger partial charge is 0.387 e. The Morgan fingerprint density at radius 3 is 2.85 bits per heavy atom. The van der Waals surface area contributed by atoms with Gasteiger partial charge in [-0.05, 0) is 45.5 Å². The monoisotopic (exact) mass is 275 g/mol. The van der Waals surface area contributed by atoms with E-state index >= 15 is 0 Å². The highest BCUT2D eigenvalue weighted by molar-refractivity contribution is 5.99. The van der Waals surface area contributed by atoms with Gasteiger partial charge in [-0.2, -0.15) is 0 Å². The highest BCUT2D eigenvalue weighted by Crippen LogP contribution is 2.21. The average Bonchev–Trinajstić information content (AvgIpc) is 2.45. The highest BCUT2D eigenvalue weighted by Gasteiger charge is 2.26. The van der Waals surface area contributed by atoms with Crippen molar-refractivity contribution >= 4 is 11.6 Å². The lowest BCUT2D eigenvalue weighted by molar-refractivity contribution is 0.0645. The van der Waals surface area contributed by atoms with Crippen LogP contribution in [0.4, 0.5) is 5.69 Å². The summed E-state index contributed by atoms with van der Waals surface area (Å²) in [6.45, 7) is 4.11. The minimum Gasteiger partial charge on any atom is -0.387 e. The Balaban J connectivity index is 2.19. The molecule has 0 aromatic heterocycles. The third-order valence-electron chi connectivity index (χ3n) is 4.14. The van der Waals surface area contributed by atoms with Crippen molar-refractivity contribution in [2.24, 2.45) is 0 Å². The van der Waals surface area contributed by atoms with Crippen LogP contribution in [0.5, 0.6) is 0 Å². The van der Waals surface area contributed by atoms with Gasteiger partial charge in [-0.15, -0.1) is 0 Å².